The van der Waals surface area contributed by atoms with Gasteiger partial charge in [-0.1, -0.05) is 18.2 Å². The standard InChI is InChI=1S/C15H21N3O2/c1-18(13-7-9-16-10-8-13)14(19)11-17-15(20)12-5-3-2-4-6-12/h2-6,13,16H,7-11H2,1H3,(H,17,20). The van der Waals surface area contributed by atoms with Crippen LogP contribution in [0, 0.1) is 0 Å². The summed E-state index contributed by atoms with van der Waals surface area (Å²) in [6, 6.07) is 9.20. The molecule has 0 atom stereocenters. The Hall–Kier alpha value is -1.88. The molecule has 0 saturated carbocycles. The third-order valence-electron chi connectivity index (χ3n) is 3.69. The van der Waals surface area contributed by atoms with Gasteiger partial charge in [-0.25, -0.2) is 0 Å². The fourth-order valence-corrected chi connectivity index (χ4v) is 2.37. The number of hydrogen-bond donors (Lipinski definition) is 2. The van der Waals surface area contributed by atoms with Crippen molar-refractivity contribution in [1.82, 2.24) is 15.5 Å². The first-order valence-electron chi connectivity index (χ1n) is 6.98. The zero-order chi connectivity index (χ0) is 14.4. The first-order valence-corrected chi connectivity index (χ1v) is 6.98. The van der Waals surface area contributed by atoms with E-state index in [1.165, 1.54) is 0 Å². The van der Waals surface area contributed by atoms with Gasteiger partial charge in [0.25, 0.3) is 5.91 Å². The molecule has 1 heterocycles. The van der Waals surface area contributed by atoms with Crippen LogP contribution in [0.3, 0.4) is 0 Å². The molecule has 0 bridgehead atoms. The second kappa shape index (κ2) is 7.05. The van der Waals surface area contributed by atoms with Crippen molar-refractivity contribution in [3.05, 3.63) is 35.9 Å². The summed E-state index contributed by atoms with van der Waals surface area (Å²) >= 11 is 0. The van der Waals surface area contributed by atoms with E-state index in [9.17, 15) is 9.59 Å². The third kappa shape index (κ3) is 3.81. The lowest BCUT2D eigenvalue weighted by Crippen LogP contribution is -2.47. The van der Waals surface area contributed by atoms with E-state index in [4.69, 9.17) is 0 Å². The van der Waals surface area contributed by atoms with E-state index >= 15 is 0 Å². The van der Waals surface area contributed by atoms with Crippen LogP contribution in [0.15, 0.2) is 30.3 Å². The first-order chi connectivity index (χ1) is 9.68. The van der Waals surface area contributed by atoms with Crippen molar-refractivity contribution in [2.75, 3.05) is 26.7 Å². The van der Waals surface area contributed by atoms with Crippen LogP contribution in [0.2, 0.25) is 0 Å². The quantitative estimate of drug-likeness (QED) is 0.847. The van der Waals surface area contributed by atoms with Gasteiger partial charge in [0.1, 0.15) is 0 Å². The Morgan fingerprint density at radius 2 is 1.90 bits per heavy atom. The number of hydrogen-bond acceptors (Lipinski definition) is 3. The zero-order valence-corrected chi connectivity index (χ0v) is 11.8. The Labute approximate surface area is 119 Å². The second-order valence-electron chi connectivity index (χ2n) is 5.03. The van der Waals surface area contributed by atoms with E-state index in [0.717, 1.165) is 25.9 Å². The Morgan fingerprint density at radius 1 is 1.25 bits per heavy atom. The fraction of sp³-hybridized carbons (Fsp3) is 0.467. The maximum atomic E-state index is 12.1. The molecule has 0 spiro atoms. The molecule has 1 aliphatic rings. The number of nitrogens with one attached hydrogen (secondary N) is 2. The number of piperidine rings is 1. The van der Waals surface area contributed by atoms with Crippen molar-refractivity contribution in [1.29, 1.82) is 0 Å². The summed E-state index contributed by atoms with van der Waals surface area (Å²) < 4.78 is 0. The lowest BCUT2D eigenvalue weighted by molar-refractivity contribution is -0.131. The lowest BCUT2D eigenvalue weighted by atomic mass is 10.1. The van der Waals surface area contributed by atoms with E-state index in [2.05, 4.69) is 10.6 Å². The number of carbonyl (C=O) groups excluding carboxylic acids is 2. The van der Waals surface area contributed by atoms with Crippen LogP contribution in [-0.2, 0) is 4.79 Å². The van der Waals surface area contributed by atoms with E-state index in [1.54, 1.807) is 29.2 Å². The molecular formula is C15H21N3O2. The average molecular weight is 275 g/mol. The van der Waals surface area contributed by atoms with Gasteiger partial charge in [0.2, 0.25) is 5.91 Å². The highest BCUT2D eigenvalue weighted by Crippen LogP contribution is 2.09. The third-order valence-corrected chi connectivity index (χ3v) is 3.69. The number of rotatable bonds is 4. The fourth-order valence-electron chi connectivity index (χ4n) is 2.37. The second-order valence-corrected chi connectivity index (χ2v) is 5.03. The molecule has 5 heteroatoms. The van der Waals surface area contributed by atoms with Gasteiger partial charge in [-0.05, 0) is 38.1 Å². The molecule has 1 aromatic carbocycles. The smallest absolute Gasteiger partial charge is 0.251 e. The van der Waals surface area contributed by atoms with Crippen molar-refractivity contribution < 1.29 is 9.59 Å². The highest BCUT2D eigenvalue weighted by molar-refractivity contribution is 5.96. The van der Waals surface area contributed by atoms with Crippen LogP contribution >= 0.6 is 0 Å². The van der Waals surface area contributed by atoms with Crippen LogP contribution in [-0.4, -0.2) is 49.4 Å². The summed E-state index contributed by atoms with van der Waals surface area (Å²) in [7, 11) is 1.81. The predicted octanol–water partition coefficient (Wildman–Crippen LogP) is 0.627. The SMILES string of the molecule is CN(C(=O)CNC(=O)c1ccccc1)C1CCNCC1. The molecule has 2 N–H and O–H groups in total. The van der Waals surface area contributed by atoms with Crippen LogP contribution in [0.4, 0.5) is 0 Å². The molecule has 1 saturated heterocycles. The number of likely N-dealkylation sites (N-methyl/N-ethyl adjacent to an activating group) is 1. The van der Waals surface area contributed by atoms with E-state index in [0.29, 0.717) is 5.56 Å². The van der Waals surface area contributed by atoms with Crippen LogP contribution < -0.4 is 10.6 Å². The summed E-state index contributed by atoms with van der Waals surface area (Å²) in [5.41, 5.74) is 0.574. The topological polar surface area (TPSA) is 61.4 Å². The number of nitrogens with zero attached hydrogens (tertiary/aromatic N) is 1. The highest BCUT2D eigenvalue weighted by atomic mass is 16.2. The summed E-state index contributed by atoms with van der Waals surface area (Å²) in [5.74, 6) is -0.251. The average Bonchev–Trinajstić information content (AvgIpc) is 2.53. The Bertz CT molecular complexity index is 455. The molecule has 20 heavy (non-hydrogen) atoms. The molecule has 2 amide bonds. The van der Waals surface area contributed by atoms with Gasteiger partial charge in [0.15, 0.2) is 0 Å². The van der Waals surface area contributed by atoms with Gasteiger partial charge in [-0.15, -0.1) is 0 Å². The summed E-state index contributed by atoms with van der Waals surface area (Å²) in [4.78, 5) is 25.7. The van der Waals surface area contributed by atoms with Crippen LogP contribution in [0.1, 0.15) is 23.2 Å². The van der Waals surface area contributed by atoms with Gasteiger partial charge in [-0.3, -0.25) is 9.59 Å². The van der Waals surface area contributed by atoms with Crippen molar-refractivity contribution in [2.45, 2.75) is 18.9 Å². The van der Waals surface area contributed by atoms with Gasteiger partial charge < -0.3 is 15.5 Å². The summed E-state index contributed by atoms with van der Waals surface area (Å²) in [6.07, 6.45) is 1.93. The largest absolute Gasteiger partial charge is 0.343 e. The maximum absolute atomic E-state index is 12.1. The predicted molar refractivity (Wildman–Crippen MR) is 77.4 cm³/mol. The molecule has 1 aromatic rings. The van der Waals surface area contributed by atoms with E-state index in [-0.39, 0.29) is 24.4 Å². The molecule has 2 rings (SSSR count). The molecule has 1 aliphatic heterocycles. The van der Waals surface area contributed by atoms with Crippen molar-refractivity contribution >= 4 is 11.8 Å². The van der Waals surface area contributed by atoms with E-state index in [1.807, 2.05) is 13.1 Å². The minimum Gasteiger partial charge on any atom is -0.343 e. The maximum Gasteiger partial charge on any atom is 0.251 e. The van der Waals surface area contributed by atoms with E-state index < -0.39 is 0 Å². The molecular weight excluding hydrogens is 254 g/mol. The summed E-state index contributed by atoms with van der Waals surface area (Å²) in [6.45, 7) is 1.94. The summed E-state index contributed by atoms with van der Waals surface area (Å²) in [5, 5.41) is 5.95. The highest BCUT2D eigenvalue weighted by Gasteiger charge is 2.21. The first kappa shape index (κ1) is 14.5. The number of carbonyl (C=O) groups is 2. The van der Waals surface area contributed by atoms with Gasteiger partial charge >= 0.3 is 0 Å². The lowest BCUT2D eigenvalue weighted by Gasteiger charge is -2.31. The molecule has 0 unspecified atom stereocenters. The van der Waals surface area contributed by atoms with Crippen LogP contribution in [0.5, 0.6) is 0 Å². The molecule has 1 fully saturated rings. The van der Waals surface area contributed by atoms with Gasteiger partial charge in [0, 0.05) is 18.7 Å². The van der Waals surface area contributed by atoms with Crippen molar-refractivity contribution in [3.8, 4) is 0 Å². The molecule has 5 nitrogen and oxygen atoms in total. The Morgan fingerprint density at radius 3 is 2.55 bits per heavy atom. The Balaban J connectivity index is 1.81. The molecule has 0 aromatic heterocycles. The monoisotopic (exact) mass is 275 g/mol. The Kier molecular flexibility index (Phi) is 5.12. The van der Waals surface area contributed by atoms with Gasteiger partial charge in [0.05, 0.1) is 6.54 Å². The molecule has 0 radical (unpaired) electrons. The minimum atomic E-state index is -0.210. The normalized spacial score (nSPS) is 15.7. The number of amides is 2. The zero-order valence-electron chi connectivity index (χ0n) is 11.8. The molecule has 0 aliphatic carbocycles. The number of benzene rings is 1. The van der Waals surface area contributed by atoms with Crippen molar-refractivity contribution in [3.63, 3.8) is 0 Å². The minimum absolute atomic E-state index is 0.0406. The van der Waals surface area contributed by atoms with Crippen LogP contribution in [0.25, 0.3) is 0 Å². The molecule has 108 valence electrons. The van der Waals surface area contributed by atoms with Gasteiger partial charge in [-0.2, -0.15) is 0 Å². The van der Waals surface area contributed by atoms with Crippen molar-refractivity contribution in [2.24, 2.45) is 0 Å².